The van der Waals surface area contributed by atoms with Gasteiger partial charge in [-0.25, -0.2) is 0 Å². The van der Waals surface area contributed by atoms with Crippen LogP contribution in [-0.4, -0.2) is 23.2 Å². The van der Waals surface area contributed by atoms with Crippen LogP contribution in [-0.2, 0) is 4.79 Å². The Morgan fingerprint density at radius 1 is 1.42 bits per heavy atom. The molecule has 1 aliphatic heterocycles. The molecule has 3 nitrogen and oxygen atoms in total. The fraction of sp³-hybridized carbons (Fsp3) is 0.444. The maximum atomic E-state index is 10.6. The number of hydrogen-bond acceptors (Lipinski definition) is 2. The van der Waals surface area contributed by atoms with E-state index in [4.69, 9.17) is 5.11 Å². The Morgan fingerprint density at radius 3 is 2.83 bits per heavy atom. The lowest BCUT2D eigenvalue weighted by molar-refractivity contribution is -0.139. The summed E-state index contributed by atoms with van der Waals surface area (Å²) >= 11 is 0. The van der Waals surface area contributed by atoms with Crippen molar-refractivity contribution in [3.63, 3.8) is 0 Å². The molecule has 1 saturated heterocycles. The minimum Gasteiger partial charge on any atom is -0.480 e. The van der Waals surface area contributed by atoms with Gasteiger partial charge in [0.2, 0.25) is 0 Å². The van der Waals surface area contributed by atoms with Crippen LogP contribution >= 0.6 is 0 Å². The second kappa shape index (κ2) is 2.75. The SMILES string of the molecule is O=C(O)[C@@H]1CC2C=CC=CC2N1. The van der Waals surface area contributed by atoms with Gasteiger partial charge in [-0.15, -0.1) is 0 Å². The van der Waals surface area contributed by atoms with Crippen LogP contribution in [0.2, 0.25) is 0 Å². The lowest BCUT2D eigenvalue weighted by Gasteiger charge is -2.13. The highest BCUT2D eigenvalue weighted by atomic mass is 16.4. The van der Waals surface area contributed by atoms with Crippen molar-refractivity contribution in [3.8, 4) is 0 Å². The molecule has 1 fully saturated rings. The van der Waals surface area contributed by atoms with Crippen LogP contribution in [0.4, 0.5) is 0 Å². The van der Waals surface area contributed by atoms with E-state index in [1.807, 2.05) is 18.2 Å². The van der Waals surface area contributed by atoms with Crippen LogP contribution in [0.1, 0.15) is 6.42 Å². The van der Waals surface area contributed by atoms with Crippen molar-refractivity contribution in [2.45, 2.75) is 18.5 Å². The summed E-state index contributed by atoms with van der Waals surface area (Å²) in [5, 5.41) is 11.8. The molecule has 0 aromatic heterocycles. The zero-order valence-corrected chi connectivity index (χ0v) is 6.60. The quantitative estimate of drug-likeness (QED) is 0.596. The molecule has 64 valence electrons. The summed E-state index contributed by atoms with van der Waals surface area (Å²) in [6.07, 6.45) is 8.74. The predicted octanol–water partition coefficient (Wildman–Crippen LogP) is 0.544. The molecule has 0 aromatic rings. The van der Waals surface area contributed by atoms with Crippen molar-refractivity contribution in [2.24, 2.45) is 5.92 Å². The fourth-order valence-electron chi connectivity index (χ4n) is 1.80. The third kappa shape index (κ3) is 1.16. The van der Waals surface area contributed by atoms with Crippen molar-refractivity contribution < 1.29 is 9.90 Å². The van der Waals surface area contributed by atoms with E-state index in [0.717, 1.165) is 0 Å². The molecule has 3 atom stereocenters. The van der Waals surface area contributed by atoms with Crippen molar-refractivity contribution in [1.82, 2.24) is 5.32 Å². The maximum Gasteiger partial charge on any atom is 0.320 e. The summed E-state index contributed by atoms with van der Waals surface area (Å²) in [5.74, 6) is -0.373. The average molecular weight is 165 g/mol. The molecular weight excluding hydrogens is 154 g/mol. The first kappa shape index (κ1) is 7.55. The first-order valence-corrected chi connectivity index (χ1v) is 4.11. The first-order chi connectivity index (χ1) is 5.77. The van der Waals surface area contributed by atoms with Crippen LogP contribution in [0.15, 0.2) is 24.3 Å². The van der Waals surface area contributed by atoms with Crippen molar-refractivity contribution >= 4 is 5.97 Å². The number of carboxylic acid groups (broad SMARTS) is 1. The van der Waals surface area contributed by atoms with Gasteiger partial charge in [0.1, 0.15) is 6.04 Å². The minimum atomic E-state index is -0.744. The average Bonchev–Trinajstić information content (AvgIpc) is 2.46. The van der Waals surface area contributed by atoms with E-state index in [1.165, 1.54) is 0 Å². The smallest absolute Gasteiger partial charge is 0.320 e. The number of allylic oxidation sites excluding steroid dienone is 2. The Balaban J connectivity index is 2.10. The van der Waals surface area contributed by atoms with Gasteiger partial charge in [-0.05, 0) is 12.3 Å². The molecule has 12 heavy (non-hydrogen) atoms. The van der Waals surface area contributed by atoms with Gasteiger partial charge in [-0.3, -0.25) is 10.1 Å². The van der Waals surface area contributed by atoms with Crippen molar-refractivity contribution in [2.75, 3.05) is 0 Å². The summed E-state index contributed by atoms with van der Waals surface area (Å²) in [6.45, 7) is 0. The maximum absolute atomic E-state index is 10.6. The molecule has 1 aliphatic carbocycles. The number of rotatable bonds is 1. The zero-order chi connectivity index (χ0) is 8.55. The summed E-state index contributed by atoms with van der Waals surface area (Å²) in [6, 6.07) is -0.136. The molecule has 2 unspecified atom stereocenters. The number of fused-ring (bicyclic) bond motifs is 1. The number of carbonyl (C=O) groups is 1. The topological polar surface area (TPSA) is 49.3 Å². The van der Waals surface area contributed by atoms with Gasteiger partial charge >= 0.3 is 5.97 Å². The van der Waals surface area contributed by atoms with Gasteiger partial charge in [-0.1, -0.05) is 24.3 Å². The Bertz CT molecular complexity index is 237. The van der Waals surface area contributed by atoms with E-state index in [2.05, 4.69) is 11.4 Å². The third-order valence-corrected chi connectivity index (χ3v) is 2.45. The van der Waals surface area contributed by atoms with Crippen LogP contribution in [0, 0.1) is 5.92 Å². The molecule has 0 bridgehead atoms. The van der Waals surface area contributed by atoms with Gasteiger partial charge in [0.25, 0.3) is 0 Å². The molecule has 0 aromatic carbocycles. The van der Waals surface area contributed by atoms with E-state index >= 15 is 0 Å². The number of aliphatic carboxylic acids is 1. The number of hydrogen-bond donors (Lipinski definition) is 2. The Morgan fingerprint density at radius 2 is 2.17 bits per heavy atom. The highest BCUT2D eigenvalue weighted by molar-refractivity contribution is 5.74. The van der Waals surface area contributed by atoms with E-state index in [-0.39, 0.29) is 12.1 Å². The number of nitrogens with one attached hydrogen (secondary N) is 1. The highest BCUT2D eigenvalue weighted by Crippen LogP contribution is 2.25. The molecule has 1 heterocycles. The summed E-state index contributed by atoms with van der Waals surface area (Å²) < 4.78 is 0. The van der Waals surface area contributed by atoms with Crippen molar-refractivity contribution in [3.05, 3.63) is 24.3 Å². The standard InChI is InChI=1S/C9H11NO2/c11-9(12)8-5-6-3-1-2-4-7(6)10-8/h1-4,6-8,10H,5H2,(H,11,12)/t6?,7?,8-/m0/s1. The third-order valence-electron chi connectivity index (χ3n) is 2.45. The largest absolute Gasteiger partial charge is 0.480 e. The van der Waals surface area contributed by atoms with Gasteiger partial charge < -0.3 is 5.11 Å². The van der Waals surface area contributed by atoms with Gasteiger partial charge in [0.15, 0.2) is 0 Å². The van der Waals surface area contributed by atoms with E-state index < -0.39 is 5.97 Å². The van der Waals surface area contributed by atoms with Crippen LogP contribution in [0.5, 0.6) is 0 Å². The summed E-state index contributed by atoms with van der Waals surface area (Å²) in [7, 11) is 0. The van der Waals surface area contributed by atoms with E-state index in [1.54, 1.807) is 0 Å². The summed E-state index contributed by atoms with van der Waals surface area (Å²) in [4.78, 5) is 10.6. The molecule has 2 aliphatic rings. The van der Waals surface area contributed by atoms with Crippen molar-refractivity contribution in [1.29, 1.82) is 0 Å². The number of carboxylic acids is 1. The fourth-order valence-corrected chi connectivity index (χ4v) is 1.80. The highest BCUT2D eigenvalue weighted by Gasteiger charge is 2.34. The molecule has 0 saturated carbocycles. The van der Waals surface area contributed by atoms with E-state index in [0.29, 0.717) is 12.3 Å². The van der Waals surface area contributed by atoms with Crippen LogP contribution in [0.25, 0.3) is 0 Å². The Hall–Kier alpha value is -1.09. The predicted molar refractivity (Wildman–Crippen MR) is 44.7 cm³/mol. The Kier molecular flexibility index (Phi) is 1.73. The normalized spacial score (nSPS) is 38.2. The molecule has 2 rings (SSSR count). The Labute approximate surface area is 70.8 Å². The second-order valence-corrected chi connectivity index (χ2v) is 3.25. The molecule has 3 heteroatoms. The molecule has 2 N–H and O–H groups in total. The van der Waals surface area contributed by atoms with Gasteiger partial charge in [0.05, 0.1) is 0 Å². The monoisotopic (exact) mass is 165 g/mol. The van der Waals surface area contributed by atoms with Gasteiger partial charge in [0, 0.05) is 6.04 Å². The molecular formula is C9H11NO2. The molecule has 0 spiro atoms. The van der Waals surface area contributed by atoms with E-state index in [9.17, 15) is 4.79 Å². The van der Waals surface area contributed by atoms with Gasteiger partial charge in [-0.2, -0.15) is 0 Å². The second-order valence-electron chi connectivity index (χ2n) is 3.25. The summed E-state index contributed by atoms with van der Waals surface area (Å²) in [5.41, 5.74) is 0. The van der Waals surface area contributed by atoms with Crippen LogP contribution in [0.3, 0.4) is 0 Å². The lowest BCUT2D eigenvalue weighted by Crippen LogP contribution is -2.35. The lowest BCUT2D eigenvalue weighted by atomic mass is 9.95. The van der Waals surface area contributed by atoms with Crippen LogP contribution < -0.4 is 5.32 Å². The first-order valence-electron chi connectivity index (χ1n) is 4.11. The zero-order valence-electron chi connectivity index (χ0n) is 6.60. The minimum absolute atomic E-state index is 0.232. The molecule has 0 radical (unpaired) electrons. The molecule has 0 amide bonds.